The Bertz CT molecular complexity index is 1240. The van der Waals surface area contributed by atoms with Gasteiger partial charge in [0.05, 0.1) is 22.0 Å². The second-order valence-electron chi connectivity index (χ2n) is 7.14. The van der Waals surface area contributed by atoms with Crippen molar-refractivity contribution in [2.45, 2.75) is 19.9 Å². The van der Waals surface area contributed by atoms with Gasteiger partial charge in [-0.1, -0.05) is 17.7 Å². The monoisotopic (exact) mass is 443 g/mol. The van der Waals surface area contributed by atoms with Crippen molar-refractivity contribution in [3.05, 3.63) is 56.5 Å². The average Bonchev–Trinajstić information content (AvgIpc) is 3.36. The number of nitrogens with one attached hydrogen (secondary N) is 1. The minimum absolute atomic E-state index is 0.136. The van der Waals surface area contributed by atoms with E-state index in [0.717, 1.165) is 46.8 Å². The Morgan fingerprint density at radius 1 is 1.28 bits per heavy atom. The Kier molecular flexibility index (Phi) is 4.66. The molecular weight excluding hydrogens is 426 g/mol. The number of nitrogens with zero attached hydrogens (tertiary/aromatic N) is 4. The van der Waals surface area contributed by atoms with Gasteiger partial charge in [-0.2, -0.15) is 5.10 Å². The van der Waals surface area contributed by atoms with Gasteiger partial charge in [-0.15, -0.1) is 22.7 Å². The molecule has 0 saturated carbocycles. The number of fused-ring (bicyclic) bond motifs is 2. The first kappa shape index (κ1) is 18.7. The highest BCUT2D eigenvalue weighted by Gasteiger charge is 2.21. The fourth-order valence-corrected chi connectivity index (χ4v) is 5.82. The van der Waals surface area contributed by atoms with Gasteiger partial charge in [0.15, 0.2) is 5.13 Å². The van der Waals surface area contributed by atoms with Crippen LogP contribution in [0.25, 0.3) is 15.9 Å². The lowest BCUT2D eigenvalue weighted by Crippen LogP contribution is -2.25. The lowest BCUT2D eigenvalue weighted by molar-refractivity contribution is 0.103. The summed E-state index contributed by atoms with van der Waals surface area (Å²) in [6.45, 7) is 3.84. The van der Waals surface area contributed by atoms with Gasteiger partial charge in [-0.05, 0) is 38.2 Å². The number of carbonyl (C=O) groups is 1. The first-order chi connectivity index (χ1) is 14.0. The zero-order chi connectivity index (χ0) is 20.1. The molecule has 0 fully saturated rings. The summed E-state index contributed by atoms with van der Waals surface area (Å²) in [7, 11) is 2.10. The van der Waals surface area contributed by atoms with Crippen LogP contribution in [0.2, 0.25) is 5.02 Å². The van der Waals surface area contributed by atoms with Crippen LogP contribution < -0.4 is 5.32 Å². The molecule has 4 heterocycles. The maximum atomic E-state index is 12.9. The van der Waals surface area contributed by atoms with Gasteiger partial charge < -0.3 is 4.90 Å². The zero-order valence-corrected chi connectivity index (χ0v) is 18.3. The Morgan fingerprint density at radius 2 is 2.14 bits per heavy atom. The number of anilines is 1. The number of hydrogen-bond donors (Lipinski definition) is 1. The van der Waals surface area contributed by atoms with Gasteiger partial charge in [-0.25, -0.2) is 9.67 Å². The zero-order valence-electron chi connectivity index (χ0n) is 15.9. The summed E-state index contributed by atoms with van der Waals surface area (Å²) in [5.41, 5.74) is 2.86. The first-order valence-electron chi connectivity index (χ1n) is 9.21. The van der Waals surface area contributed by atoms with Crippen molar-refractivity contribution in [3.8, 4) is 5.69 Å². The Balaban J connectivity index is 1.45. The van der Waals surface area contributed by atoms with E-state index in [2.05, 4.69) is 27.3 Å². The standard InChI is InChI=1S/C20H18ClN5OS2/c1-11-14-9-16(28-19(14)26(24-11)13-5-3-4-12(21)8-13)18(27)23-20-22-15-6-7-25(2)10-17(15)29-20/h3-5,8-9H,6-7,10H2,1-2H3,(H,22,23,27). The van der Waals surface area contributed by atoms with Crippen molar-refractivity contribution in [1.29, 1.82) is 0 Å². The second kappa shape index (κ2) is 7.21. The van der Waals surface area contributed by atoms with E-state index < -0.39 is 0 Å². The van der Waals surface area contributed by atoms with Crippen LogP contribution in [0.3, 0.4) is 0 Å². The molecule has 0 aliphatic carbocycles. The molecule has 0 radical (unpaired) electrons. The van der Waals surface area contributed by atoms with Crippen molar-refractivity contribution < 1.29 is 4.79 Å². The molecule has 1 N–H and O–H groups in total. The summed E-state index contributed by atoms with van der Waals surface area (Å²) >= 11 is 9.13. The van der Waals surface area contributed by atoms with Crippen LogP contribution in [0.15, 0.2) is 30.3 Å². The Morgan fingerprint density at radius 3 is 2.97 bits per heavy atom. The molecule has 4 aromatic rings. The van der Waals surface area contributed by atoms with E-state index in [4.69, 9.17) is 11.6 Å². The number of halogens is 1. The Labute approximate surface area is 180 Å². The largest absolute Gasteiger partial charge is 0.301 e. The van der Waals surface area contributed by atoms with Gasteiger partial charge in [0, 0.05) is 34.8 Å². The molecule has 1 aromatic carbocycles. The van der Waals surface area contributed by atoms with E-state index in [1.807, 2.05) is 41.9 Å². The summed E-state index contributed by atoms with van der Waals surface area (Å²) in [4.78, 5) is 22.6. The summed E-state index contributed by atoms with van der Waals surface area (Å²) in [6.07, 6.45) is 0.926. The molecular formula is C20H18ClN5OS2. The number of aryl methyl sites for hydroxylation is 1. The summed E-state index contributed by atoms with van der Waals surface area (Å²) in [5.74, 6) is -0.136. The molecule has 3 aromatic heterocycles. The molecule has 1 aliphatic rings. The number of benzene rings is 1. The molecule has 0 saturated heterocycles. The molecule has 6 nitrogen and oxygen atoms in total. The average molecular weight is 444 g/mol. The molecule has 148 valence electrons. The smallest absolute Gasteiger partial charge is 0.267 e. The third kappa shape index (κ3) is 3.46. The number of amides is 1. The molecule has 0 spiro atoms. The van der Waals surface area contributed by atoms with E-state index in [1.165, 1.54) is 16.2 Å². The lowest BCUT2D eigenvalue weighted by Gasteiger charge is -2.20. The highest BCUT2D eigenvalue weighted by Crippen LogP contribution is 2.32. The summed E-state index contributed by atoms with van der Waals surface area (Å²) in [6, 6.07) is 9.44. The highest BCUT2D eigenvalue weighted by molar-refractivity contribution is 7.20. The third-order valence-corrected chi connectivity index (χ3v) is 7.31. The van der Waals surface area contributed by atoms with Crippen LogP contribution in [-0.2, 0) is 13.0 Å². The minimum Gasteiger partial charge on any atom is -0.301 e. The predicted molar refractivity (Wildman–Crippen MR) is 119 cm³/mol. The van der Waals surface area contributed by atoms with Crippen molar-refractivity contribution >= 4 is 55.5 Å². The van der Waals surface area contributed by atoms with E-state index in [1.54, 1.807) is 11.3 Å². The number of carbonyl (C=O) groups excluding carboxylic acids is 1. The van der Waals surface area contributed by atoms with Crippen molar-refractivity contribution in [2.75, 3.05) is 18.9 Å². The van der Waals surface area contributed by atoms with Crippen LogP contribution in [0.5, 0.6) is 0 Å². The minimum atomic E-state index is -0.136. The van der Waals surface area contributed by atoms with E-state index >= 15 is 0 Å². The highest BCUT2D eigenvalue weighted by atomic mass is 35.5. The van der Waals surface area contributed by atoms with E-state index in [9.17, 15) is 4.79 Å². The number of thiazole rings is 1. The molecule has 9 heteroatoms. The topological polar surface area (TPSA) is 63.1 Å². The second-order valence-corrected chi connectivity index (χ2v) is 9.69. The molecule has 1 aliphatic heterocycles. The van der Waals surface area contributed by atoms with Crippen LogP contribution in [0.4, 0.5) is 5.13 Å². The van der Waals surface area contributed by atoms with Crippen molar-refractivity contribution in [3.63, 3.8) is 0 Å². The van der Waals surface area contributed by atoms with Crippen LogP contribution in [-0.4, -0.2) is 39.2 Å². The van der Waals surface area contributed by atoms with E-state index in [0.29, 0.717) is 15.0 Å². The SMILES string of the molecule is Cc1nn(-c2cccc(Cl)c2)c2sc(C(=O)Nc3nc4c(s3)CN(C)CC4)cc12. The van der Waals surface area contributed by atoms with Crippen molar-refractivity contribution in [2.24, 2.45) is 0 Å². The van der Waals surface area contributed by atoms with E-state index in [-0.39, 0.29) is 5.91 Å². The number of hydrogen-bond acceptors (Lipinski definition) is 6. The number of rotatable bonds is 3. The van der Waals surface area contributed by atoms with Crippen LogP contribution in [0.1, 0.15) is 25.9 Å². The fraction of sp³-hybridized carbons (Fsp3) is 0.250. The molecule has 29 heavy (non-hydrogen) atoms. The summed E-state index contributed by atoms with van der Waals surface area (Å²) in [5, 5.41) is 9.89. The number of thiophene rings is 1. The first-order valence-corrected chi connectivity index (χ1v) is 11.2. The van der Waals surface area contributed by atoms with Crippen LogP contribution >= 0.6 is 34.3 Å². The fourth-order valence-electron chi connectivity index (χ4n) is 3.48. The van der Waals surface area contributed by atoms with Crippen molar-refractivity contribution in [1.82, 2.24) is 19.7 Å². The number of aromatic nitrogens is 3. The maximum Gasteiger partial charge on any atom is 0.267 e. The van der Waals surface area contributed by atoms with Gasteiger partial charge in [-0.3, -0.25) is 10.1 Å². The predicted octanol–water partition coefficient (Wildman–Crippen LogP) is 4.75. The molecule has 0 bridgehead atoms. The molecule has 0 atom stereocenters. The lowest BCUT2D eigenvalue weighted by atomic mass is 10.2. The van der Waals surface area contributed by atoms with Gasteiger partial charge in [0.1, 0.15) is 4.83 Å². The van der Waals surface area contributed by atoms with Gasteiger partial charge >= 0.3 is 0 Å². The molecule has 0 unspecified atom stereocenters. The molecule has 1 amide bonds. The Hall–Kier alpha value is -2.26. The quantitative estimate of drug-likeness (QED) is 0.496. The van der Waals surface area contributed by atoms with Crippen LogP contribution in [0, 0.1) is 6.92 Å². The number of likely N-dealkylation sites (N-methyl/N-ethyl adjacent to an activating group) is 1. The summed E-state index contributed by atoms with van der Waals surface area (Å²) < 4.78 is 1.84. The van der Waals surface area contributed by atoms with Gasteiger partial charge in [0.25, 0.3) is 5.91 Å². The third-order valence-electron chi connectivity index (χ3n) is 4.96. The van der Waals surface area contributed by atoms with Gasteiger partial charge in [0.2, 0.25) is 0 Å². The maximum absolute atomic E-state index is 12.9. The normalized spacial score (nSPS) is 14.3. The molecule has 5 rings (SSSR count).